The predicted molar refractivity (Wildman–Crippen MR) is 47.2 cm³/mol. The smallest absolute Gasteiger partial charge is 0.397 e. The third kappa shape index (κ3) is 3.41. The van der Waals surface area contributed by atoms with Gasteiger partial charge in [-0.3, -0.25) is 4.55 Å². The van der Waals surface area contributed by atoms with Crippen LogP contribution in [0.4, 0.5) is 5.69 Å². The Morgan fingerprint density at radius 2 is 2.00 bits per heavy atom. The maximum atomic E-state index is 10.2. The van der Waals surface area contributed by atoms with Crippen LogP contribution in [-0.2, 0) is 21.2 Å². The number of rotatable bonds is 3. The molecule has 0 aliphatic heterocycles. The molecular weight excluding hydrogens is 194 g/mol. The van der Waals surface area contributed by atoms with Gasteiger partial charge in [0.2, 0.25) is 0 Å². The molecule has 0 aromatic heterocycles. The summed E-state index contributed by atoms with van der Waals surface area (Å²) in [5.74, 6) is 0. The number of nitrogens with two attached hydrogens (primary N) is 1. The van der Waals surface area contributed by atoms with E-state index in [1.165, 1.54) is 0 Å². The zero-order valence-corrected chi connectivity index (χ0v) is 7.49. The second-order valence-electron chi connectivity index (χ2n) is 2.39. The highest BCUT2D eigenvalue weighted by atomic mass is 32.3. The van der Waals surface area contributed by atoms with Gasteiger partial charge in [0, 0.05) is 11.3 Å². The molecule has 0 saturated heterocycles. The van der Waals surface area contributed by atoms with E-state index in [-0.39, 0.29) is 6.61 Å². The van der Waals surface area contributed by atoms with Gasteiger partial charge in [-0.25, -0.2) is 4.18 Å². The molecule has 1 aromatic carbocycles. The van der Waals surface area contributed by atoms with Crippen LogP contribution in [0.3, 0.4) is 0 Å². The Balaban J connectivity index is 2.71. The molecule has 1 aromatic rings. The highest BCUT2D eigenvalue weighted by Gasteiger charge is 2.06. The number of hydrogen-bond donors (Lipinski definition) is 2. The molecule has 0 fully saturated rings. The van der Waals surface area contributed by atoms with Gasteiger partial charge in [0.05, 0.1) is 6.61 Å². The van der Waals surface area contributed by atoms with Gasteiger partial charge in [0.25, 0.3) is 0 Å². The summed E-state index contributed by atoms with van der Waals surface area (Å²) in [7, 11) is -4.39. The van der Waals surface area contributed by atoms with Crippen molar-refractivity contribution in [1.82, 2.24) is 0 Å². The monoisotopic (exact) mass is 203 g/mol. The Morgan fingerprint density at radius 3 is 2.54 bits per heavy atom. The molecule has 0 amide bonds. The maximum absolute atomic E-state index is 10.2. The summed E-state index contributed by atoms with van der Waals surface area (Å²) >= 11 is 0. The van der Waals surface area contributed by atoms with Gasteiger partial charge in [-0.15, -0.1) is 0 Å². The largest absolute Gasteiger partial charge is 0.398 e. The first-order valence-corrected chi connectivity index (χ1v) is 4.81. The van der Waals surface area contributed by atoms with E-state index in [0.29, 0.717) is 11.3 Å². The minimum Gasteiger partial charge on any atom is -0.398 e. The first-order chi connectivity index (χ1) is 5.99. The van der Waals surface area contributed by atoms with Crippen LogP contribution in [-0.4, -0.2) is 13.0 Å². The quantitative estimate of drug-likeness (QED) is 0.554. The summed E-state index contributed by atoms with van der Waals surface area (Å²) in [6, 6.07) is 6.63. The minimum absolute atomic E-state index is 0.258. The number of para-hydroxylation sites is 1. The summed E-state index contributed by atoms with van der Waals surface area (Å²) in [5.41, 5.74) is 6.43. The van der Waals surface area contributed by atoms with Crippen LogP contribution in [0.25, 0.3) is 0 Å². The third-order valence-corrected chi connectivity index (χ3v) is 1.83. The molecule has 0 aliphatic rings. The van der Waals surface area contributed by atoms with Crippen molar-refractivity contribution in [2.45, 2.75) is 6.61 Å². The first-order valence-electron chi connectivity index (χ1n) is 3.44. The molecule has 0 saturated carbocycles. The first kappa shape index (κ1) is 9.97. The van der Waals surface area contributed by atoms with Crippen LogP contribution in [0.15, 0.2) is 24.3 Å². The topological polar surface area (TPSA) is 89.6 Å². The maximum Gasteiger partial charge on any atom is 0.397 e. The lowest BCUT2D eigenvalue weighted by Crippen LogP contribution is -2.04. The molecule has 72 valence electrons. The van der Waals surface area contributed by atoms with Crippen molar-refractivity contribution in [2.24, 2.45) is 0 Å². The number of anilines is 1. The fourth-order valence-corrected chi connectivity index (χ4v) is 1.08. The summed E-state index contributed by atoms with van der Waals surface area (Å²) in [5, 5.41) is 0. The zero-order chi connectivity index (χ0) is 9.90. The van der Waals surface area contributed by atoms with Gasteiger partial charge in [-0.2, -0.15) is 8.42 Å². The van der Waals surface area contributed by atoms with E-state index in [0.717, 1.165) is 0 Å². The zero-order valence-electron chi connectivity index (χ0n) is 6.67. The molecule has 0 unspecified atom stereocenters. The van der Waals surface area contributed by atoms with E-state index < -0.39 is 10.4 Å². The van der Waals surface area contributed by atoms with E-state index in [1.807, 2.05) is 0 Å². The van der Waals surface area contributed by atoms with E-state index in [2.05, 4.69) is 4.18 Å². The second kappa shape index (κ2) is 3.73. The van der Waals surface area contributed by atoms with Crippen molar-refractivity contribution in [3.8, 4) is 0 Å². The van der Waals surface area contributed by atoms with Gasteiger partial charge in [-0.1, -0.05) is 18.2 Å². The van der Waals surface area contributed by atoms with Crippen molar-refractivity contribution in [2.75, 3.05) is 5.73 Å². The van der Waals surface area contributed by atoms with Crippen LogP contribution in [0.2, 0.25) is 0 Å². The van der Waals surface area contributed by atoms with Crippen molar-refractivity contribution >= 4 is 16.1 Å². The minimum atomic E-state index is -4.39. The average Bonchev–Trinajstić information content (AvgIpc) is 2.01. The average molecular weight is 203 g/mol. The number of hydrogen-bond acceptors (Lipinski definition) is 4. The Hall–Kier alpha value is -1.11. The van der Waals surface area contributed by atoms with E-state index in [4.69, 9.17) is 10.3 Å². The highest BCUT2D eigenvalue weighted by molar-refractivity contribution is 7.80. The lowest BCUT2D eigenvalue weighted by molar-refractivity contribution is 0.260. The summed E-state index contributed by atoms with van der Waals surface area (Å²) in [6.45, 7) is -0.258. The molecule has 0 bridgehead atoms. The lowest BCUT2D eigenvalue weighted by atomic mass is 10.2. The molecule has 0 spiro atoms. The molecule has 1 rings (SSSR count). The van der Waals surface area contributed by atoms with Gasteiger partial charge in [-0.05, 0) is 6.07 Å². The van der Waals surface area contributed by atoms with Crippen LogP contribution in [0.1, 0.15) is 5.56 Å². The van der Waals surface area contributed by atoms with Crippen molar-refractivity contribution in [3.63, 3.8) is 0 Å². The Morgan fingerprint density at radius 1 is 1.38 bits per heavy atom. The molecule has 13 heavy (non-hydrogen) atoms. The fraction of sp³-hybridized carbons (Fsp3) is 0.143. The van der Waals surface area contributed by atoms with Crippen LogP contribution >= 0.6 is 0 Å². The highest BCUT2D eigenvalue weighted by Crippen LogP contribution is 2.12. The third-order valence-electron chi connectivity index (χ3n) is 1.42. The molecule has 0 aliphatic carbocycles. The van der Waals surface area contributed by atoms with Gasteiger partial charge in [0.1, 0.15) is 0 Å². The van der Waals surface area contributed by atoms with E-state index in [9.17, 15) is 8.42 Å². The second-order valence-corrected chi connectivity index (χ2v) is 3.48. The SMILES string of the molecule is Nc1ccccc1COS(=O)(=O)O. The van der Waals surface area contributed by atoms with Gasteiger partial charge >= 0.3 is 10.4 Å². The Bertz CT molecular complexity index is 387. The van der Waals surface area contributed by atoms with E-state index in [1.54, 1.807) is 24.3 Å². The van der Waals surface area contributed by atoms with Gasteiger partial charge < -0.3 is 5.73 Å². The molecule has 5 nitrogen and oxygen atoms in total. The summed E-state index contributed by atoms with van der Waals surface area (Å²) < 4.78 is 32.8. The predicted octanol–water partition coefficient (Wildman–Crippen LogP) is 0.588. The standard InChI is InChI=1S/C7H9NO4S/c8-7-4-2-1-3-6(7)5-12-13(9,10)11/h1-4H,5,8H2,(H,9,10,11). The van der Waals surface area contributed by atoms with Crippen molar-refractivity contribution < 1.29 is 17.2 Å². The van der Waals surface area contributed by atoms with E-state index >= 15 is 0 Å². The van der Waals surface area contributed by atoms with Crippen molar-refractivity contribution in [1.29, 1.82) is 0 Å². The van der Waals surface area contributed by atoms with Crippen LogP contribution in [0.5, 0.6) is 0 Å². The molecule has 0 radical (unpaired) electrons. The summed E-state index contributed by atoms with van der Waals surface area (Å²) in [4.78, 5) is 0. The van der Waals surface area contributed by atoms with Crippen LogP contribution in [0, 0.1) is 0 Å². The van der Waals surface area contributed by atoms with Crippen molar-refractivity contribution in [3.05, 3.63) is 29.8 Å². The Labute approximate surface area is 76.1 Å². The fourth-order valence-electron chi connectivity index (χ4n) is 0.804. The Kier molecular flexibility index (Phi) is 2.86. The lowest BCUT2D eigenvalue weighted by Gasteiger charge is -2.03. The number of benzene rings is 1. The molecule has 0 heterocycles. The normalized spacial score (nSPS) is 11.5. The molecule has 0 atom stereocenters. The number of nitrogen functional groups attached to an aromatic ring is 1. The molecule has 3 N–H and O–H groups in total. The molecule has 6 heteroatoms. The van der Waals surface area contributed by atoms with Crippen LogP contribution < -0.4 is 5.73 Å². The van der Waals surface area contributed by atoms with Gasteiger partial charge in [0.15, 0.2) is 0 Å². The summed E-state index contributed by atoms with van der Waals surface area (Å²) in [6.07, 6.45) is 0. The molecular formula is C7H9NO4S.